The van der Waals surface area contributed by atoms with Crippen LogP contribution in [0.15, 0.2) is 70.7 Å². The molecule has 18 nitrogen and oxygen atoms in total. The average Bonchev–Trinajstić information content (AvgIpc) is 3.42. The number of aromatic carboxylic acids is 1. The highest BCUT2D eigenvalue weighted by Crippen LogP contribution is 2.28. The van der Waals surface area contributed by atoms with E-state index < -0.39 is 78.6 Å². The topological polar surface area (TPSA) is 317 Å². The van der Waals surface area contributed by atoms with Crippen LogP contribution in [0.2, 0.25) is 0 Å². The van der Waals surface area contributed by atoms with E-state index in [4.69, 9.17) is 29.5 Å². The molecule has 0 bridgehead atoms. The van der Waals surface area contributed by atoms with Gasteiger partial charge in [0, 0.05) is 36.0 Å². The van der Waals surface area contributed by atoms with Crippen molar-refractivity contribution in [1.82, 2.24) is 10.3 Å². The predicted molar refractivity (Wildman–Crippen MR) is 153 cm³/mol. The highest BCUT2D eigenvalue weighted by atomic mass is 32.2. The van der Waals surface area contributed by atoms with Crippen molar-refractivity contribution >= 4 is 66.6 Å². The van der Waals surface area contributed by atoms with Crippen molar-refractivity contribution in [3.05, 3.63) is 66.5 Å². The summed E-state index contributed by atoms with van der Waals surface area (Å²) in [6.45, 7) is 0. The number of carboxylic acid groups (broad SMARTS) is 4. The first kappa shape index (κ1) is 38.7. The normalized spacial score (nSPS) is 13.7. The third-order valence-corrected chi connectivity index (χ3v) is 7.23. The van der Waals surface area contributed by atoms with Crippen LogP contribution in [-0.4, -0.2) is 93.0 Å². The molecule has 1 aliphatic rings. The fraction of sp³-hybridized carbons (Fsp3) is 0.192. The molecular weight excluding hydrogens is 660 g/mol. The van der Waals surface area contributed by atoms with Crippen LogP contribution in [0.3, 0.4) is 0 Å². The number of benzene rings is 2. The van der Waals surface area contributed by atoms with E-state index in [1.165, 1.54) is 42.7 Å². The summed E-state index contributed by atoms with van der Waals surface area (Å²) in [6.07, 6.45) is 2.75. The highest BCUT2D eigenvalue weighted by Gasteiger charge is 2.26. The summed E-state index contributed by atoms with van der Waals surface area (Å²) in [5.74, 6) is -5.87. The smallest absolute Gasteiger partial charge is 0.372 e. The van der Waals surface area contributed by atoms with Gasteiger partial charge in [0.2, 0.25) is 11.7 Å². The minimum Gasteiger partial charge on any atom is -0.481 e. The maximum Gasteiger partial charge on any atom is 0.372 e. The lowest BCUT2D eigenvalue weighted by Crippen LogP contribution is -2.32. The van der Waals surface area contributed by atoms with Crippen molar-refractivity contribution in [2.24, 2.45) is 0 Å². The number of nitrogens with one attached hydrogen (secondary N) is 1. The molecule has 1 fully saturated rings. The molecule has 0 spiro atoms. The Bertz CT molecular complexity index is 1750. The molecule has 0 aliphatic carbocycles. The number of pyridine rings is 1. The zero-order valence-corrected chi connectivity index (χ0v) is 24.8. The predicted octanol–water partition coefficient (Wildman–Crippen LogP) is 0.968. The molecule has 2 aromatic carbocycles. The zero-order valence-electron chi connectivity index (χ0n) is 23.2. The molecule has 1 saturated heterocycles. The third kappa shape index (κ3) is 13.1. The van der Waals surface area contributed by atoms with Gasteiger partial charge >= 0.3 is 23.9 Å². The number of carbonyl (C=O) groups is 6. The van der Waals surface area contributed by atoms with Gasteiger partial charge < -0.3 is 25.7 Å². The number of Topliss-reactive ketones (excluding diaryl/α,β-unsaturated/α-hetero) is 1. The Labute approximate surface area is 259 Å². The molecule has 4 rings (SSSR count). The number of amides is 1. The first-order valence-electron chi connectivity index (χ1n) is 12.4. The molecule has 3 aromatic rings. The monoisotopic (exact) mass is 686 g/mol. The maximum absolute atomic E-state index is 11.2. The summed E-state index contributed by atoms with van der Waals surface area (Å²) in [5.41, 5.74) is 0.220. The van der Waals surface area contributed by atoms with E-state index in [1.807, 2.05) is 0 Å². The summed E-state index contributed by atoms with van der Waals surface area (Å²) < 4.78 is 62.7. The number of carboxylic acids is 4. The Morgan fingerprint density at radius 1 is 0.783 bits per heavy atom. The lowest BCUT2D eigenvalue weighted by Gasteiger charge is -2.06. The first-order chi connectivity index (χ1) is 21.2. The minimum atomic E-state index is -4.47. The van der Waals surface area contributed by atoms with Gasteiger partial charge in [-0.05, 0) is 30.7 Å². The van der Waals surface area contributed by atoms with Gasteiger partial charge in [-0.15, -0.1) is 0 Å². The third-order valence-electron chi connectivity index (χ3n) is 5.40. The van der Waals surface area contributed by atoms with Gasteiger partial charge in [-0.3, -0.25) is 28.5 Å². The molecule has 248 valence electrons. The van der Waals surface area contributed by atoms with E-state index in [9.17, 15) is 45.6 Å². The van der Waals surface area contributed by atoms with Crippen molar-refractivity contribution < 1.29 is 75.1 Å². The van der Waals surface area contributed by atoms with Gasteiger partial charge in [-0.25, -0.2) is 14.4 Å². The quantitative estimate of drug-likeness (QED) is 0.128. The summed E-state index contributed by atoms with van der Waals surface area (Å²) >= 11 is 0. The van der Waals surface area contributed by atoms with Crippen LogP contribution < -0.4 is 5.32 Å². The number of fused-ring (bicyclic) bond motifs is 1. The van der Waals surface area contributed by atoms with Crippen LogP contribution in [0.5, 0.6) is 0 Å². The van der Waals surface area contributed by atoms with E-state index in [0.29, 0.717) is 12.8 Å². The molecule has 0 unspecified atom stereocenters. The van der Waals surface area contributed by atoms with E-state index in [2.05, 4.69) is 10.3 Å². The number of rotatable bonds is 8. The number of aliphatic carboxylic acids is 3. The molecule has 1 aromatic heterocycles. The zero-order chi connectivity index (χ0) is 35.2. The van der Waals surface area contributed by atoms with Crippen LogP contribution in [0.4, 0.5) is 0 Å². The highest BCUT2D eigenvalue weighted by molar-refractivity contribution is 7.86. The maximum atomic E-state index is 11.2. The Kier molecular flexibility index (Phi) is 14.5. The summed E-state index contributed by atoms with van der Waals surface area (Å²) in [5, 5.41) is 35.0. The SMILES string of the molecule is O=C(O)CCC(=O)C(=O)O.O=C(O)c1cccnc1.O=C1CC[C@@H](C(=O)O)N1.O=S(=O)(O)c1cccc2c(S(=O)(=O)O)cccc12. The lowest BCUT2D eigenvalue weighted by atomic mass is 10.1. The molecule has 0 radical (unpaired) electrons. The Hall–Kier alpha value is -5.31. The number of aromatic nitrogens is 1. The number of hydrogen-bond donors (Lipinski definition) is 7. The minimum absolute atomic E-state index is 0.0233. The van der Waals surface area contributed by atoms with Crippen molar-refractivity contribution in [3.8, 4) is 0 Å². The van der Waals surface area contributed by atoms with Gasteiger partial charge in [0.15, 0.2) is 0 Å². The molecule has 46 heavy (non-hydrogen) atoms. The molecule has 1 amide bonds. The molecule has 1 aliphatic heterocycles. The standard InChI is InChI=1S/C10H8O6S2.C6H5NO2.C5H7NO3.C5H6O5/c11-17(12,13)9-5-1-3-7-8(9)4-2-6-10(7)18(14,15)16;8-6(9)5-2-1-3-7-4-5;7-4-2-1-3(6-4)5(8)9;6-3(5(9)10)1-2-4(7)8/h1-6H,(H,11,12,13)(H,14,15,16);1-4H,(H,8,9);3H,1-2H2,(H,6,7)(H,8,9);1-2H2,(H,7,8)(H,9,10)/t;;3-;/m..0./s1. The summed E-state index contributed by atoms with van der Waals surface area (Å²) in [7, 11) is -8.94. The van der Waals surface area contributed by atoms with Crippen LogP contribution in [0, 0.1) is 0 Å². The van der Waals surface area contributed by atoms with E-state index in [-0.39, 0.29) is 22.2 Å². The van der Waals surface area contributed by atoms with Crippen LogP contribution in [-0.2, 0) is 44.2 Å². The Balaban J connectivity index is 0.000000325. The van der Waals surface area contributed by atoms with E-state index in [0.717, 1.165) is 12.1 Å². The number of nitrogens with zero attached hydrogens (tertiary/aromatic N) is 1. The van der Waals surface area contributed by atoms with Crippen molar-refractivity contribution in [3.63, 3.8) is 0 Å². The van der Waals surface area contributed by atoms with Gasteiger partial charge in [0.1, 0.15) is 15.8 Å². The fourth-order valence-electron chi connectivity index (χ4n) is 3.32. The van der Waals surface area contributed by atoms with Gasteiger partial charge in [-0.1, -0.05) is 24.3 Å². The second-order valence-electron chi connectivity index (χ2n) is 8.72. The molecule has 20 heteroatoms. The van der Waals surface area contributed by atoms with Crippen LogP contribution in [0.25, 0.3) is 10.8 Å². The second kappa shape index (κ2) is 17.2. The van der Waals surface area contributed by atoms with Crippen molar-refractivity contribution in [1.29, 1.82) is 0 Å². The molecule has 0 saturated carbocycles. The molecule has 1 atom stereocenters. The number of ketones is 1. The lowest BCUT2D eigenvalue weighted by molar-refractivity contribution is -0.149. The summed E-state index contributed by atoms with van der Waals surface area (Å²) in [6, 6.07) is 9.97. The fourth-order valence-corrected chi connectivity index (χ4v) is 4.73. The van der Waals surface area contributed by atoms with Crippen LogP contribution >= 0.6 is 0 Å². The molecule has 7 N–H and O–H groups in total. The van der Waals surface area contributed by atoms with E-state index in [1.54, 1.807) is 6.07 Å². The largest absolute Gasteiger partial charge is 0.481 e. The van der Waals surface area contributed by atoms with Crippen LogP contribution in [0.1, 0.15) is 36.0 Å². The Morgan fingerprint density at radius 2 is 1.30 bits per heavy atom. The second-order valence-corrected chi connectivity index (χ2v) is 11.5. The number of hydrogen-bond acceptors (Lipinski definition) is 11. The molecular formula is C26H26N2O16S2. The van der Waals surface area contributed by atoms with Gasteiger partial charge in [-0.2, -0.15) is 16.8 Å². The first-order valence-corrected chi connectivity index (χ1v) is 15.2. The van der Waals surface area contributed by atoms with Gasteiger partial charge in [0.25, 0.3) is 20.2 Å². The summed E-state index contributed by atoms with van der Waals surface area (Å²) in [4.78, 5) is 63.2. The van der Waals surface area contributed by atoms with Gasteiger partial charge in [0.05, 0.1) is 12.0 Å². The van der Waals surface area contributed by atoms with Crippen molar-refractivity contribution in [2.75, 3.05) is 0 Å². The molecule has 2 heterocycles. The number of carbonyl (C=O) groups excluding carboxylic acids is 2. The van der Waals surface area contributed by atoms with Crippen molar-refractivity contribution in [2.45, 2.75) is 41.5 Å². The van der Waals surface area contributed by atoms with E-state index >= 15 is 0 Å². The average molecular weight is 687 g/mol. The Morgan fingerprint density at radius 3 is 1.59 bits per heavy atom.